The number of fused-ring (bicyclic) bond motifs is 2. The summed E-state index contributed by atoms with van der Waals surface area (Å²) in [5.41, 5.74) is -0.208. The van der Waals surface area contributed by atoms with E-state index in [4.69, 9.17) is 13.9 Å². The van der Waals surface area contributed by atoms with Crippen LogP contribution in [0.1, 0.15) is 47.9 Å². The van der Waals surface area contributed by atoms with E-state index >= 15 is 0 Å². The summed E-state index contributed by atoms with van der Waals surface area (Å²) in [5.74, 6) is 0.653. The number of nitrogens with zero attached hydrogens (tertiary/aromatic N) is 3. The molecule has 3 atom stereocenters. The van der Waals surface area contributed by atoms with Crippen LogP contribution < -0.4 is 10.9 Å². The van der Waals surface area contributed by atoms with E-state index in [0.29, 0.717) is 31.7 Å². The number of furan rings is 1. The maximum atomic E-state index is 13.2. The molecule has 9 nitrogen and oxygen atoms in total. The van der Waals surface area contributed by atoms with Gasteiger partial charge in [0, 0.05) is 63.7 Å². The molecule has 3 aliphatic heterocycles. The third kappa shape index (κ3) is 5.65. The molecule has 5 heterocycles. The van der Waals surface area contributed by atoms with Crippen molar-refractivity contribution < 1.29 is 31.9 Å². The van der Waals surface area contributed by atoms with Gasteiger partial charge in [-0.15, -0.1) is 0 Å². The highest BCUT2D eigenvalue weighted by atomic mass is 19.4. The quantitative estimate of drug-likeness (QED) is 0.591. The number of pyridine rings is 1. The molecule has 4 aliphatic rings. The number of aromatic nitrogens is 1. The number of halogens is 3. The lowest BCUT2D eigenvalue weighted by molar-refractivity contribution is -0.138. The minimum absolute atomic E-state index is 0.0245. The molecule has 212 valence electrons. The number of carbonyl (C=O) groups is 1. The van der Waals surface area contributed by atoms with Gasteiger partial charge in [-0.1, -0.05) is 0 Å². The average Bonchev–Trinajstić information content (AvgIpc) is 3.62. The van der Waals surface area contributed by atoms with Crippen LogP contribution in [0.3, 0.4) is 0 Å². The molecule has 2 aromatic rings. The largest absolute Gasteiger partial charge is 0.466 e. The number of hydrogen-bond acceptors (Lipinski definition) is 7. The number of nitrogens with one attached hydrogen (secondary N) is 1. The lowest BCUT2D eigenvalue weighted by atomic mass is 10.1. The van der Waals surface area contributed by atoms with Crippen LogP contribution in [0.15, 0.2) is 33.7 Å². The Hall–Kier alpha value is -2.67. The molecule has 2 unspecified atom stereocenters. The van der Waals surface area contributed by atoms with Crippen LogP contribution in [-0.4, -0.2) is 77.9 Å². The van der Waals surface area contributed by atoms with Crippen molar-refractivity contribution in [3.05, 3.63) is 57.4 Å². The summed E-state index contributed by atoms with van der Waals surface area (Å²) in [4.78, 5) is 29.6. The van der Waals surface area contributed by atoms with Crippen molar-refractivity contribution in [3.8, 4) is 0 Å². The van der Waals surface area contributed by atoms with Crippen LogP contribution in [0, 0.1) is 0 Å². The number of likely N-dealkylation sites (tertiary alicyclic amines) is 1. The molecule has 0 spiro atoms. The van der Waals surface area contributed by atoms with E-state index in [-0.39, 0.29) is 49.5 Å². The molecule has 39 heavy (non-hydrogen) atoms. The van der Waals surface area contributed by atoms with Crippen molar-refractivity contribution in [2.45, 2.75) is 69.2 Å². The van der Waals surface area contributed by atoms with Gasteiger partial charge >= 0.3 is 6.18 Å². The van der Waals surface area contributed by atoms with Crippen molar-refractivity contribution in [1.29, 1.82) is 0 Å². The Morgan fingerprint density at radius 1 is 1.13 bits per heavy atom. The topological polar surface area (TPSA) is 89.2 Å². The maximum Gasteiger partial charge on any atom is 0.416 e. The molecule has 1 aliphatic carbocycles. The number of carbonyl (C=O) groups excluding carboxylic acids is 1. The third-order valence-electron chi connectivity index (χ3n) is 8.37. The highest BCUT2D eigenvalue weighted by Crippen LogP contribution is 2.37. The minimum atomic E-state index is -4.60. The van der Waals surface area contributed by atoms with Crippen LogP contribution in [0.5, 0.6) is 0 Å². The number of rotatable bonds is 6. The van der Waals surface area contributed by atoms with E-state index in [2.05, 4.69) is 10.2 Å². The van der Waals surface area contributed by atoms with Crippen molar-refractivity contribution in [3.63, 3.8) is 0 Å². The van der Waals surface area contributed by atoms with Gasteiger partial charge in [0.1, 0.15) is 11.9 Å². The first-order valence-electron chi connectivity index (χ1n) is 13.6. The van der Waals surface area contributed by atoms with Gasteiger partial charge in [0.15, 0.2) is 0 Å². The third-order valence-corrected chi connectivity index (χ3v) is 8.37. The van der Waals surface area contributed by atoms with Crippen LogP contribution in [0.2, 0.25) is 0 Å². The summed E-state index contributed by atoms with van der Waals surface area (Å²) in [6, 6.07) is 3.75. The van der Waals surface area contributed by atoms with E-state index in [0.717, 1.165) is 56.3 Å². The number of aryl methyl sites for hydroxylation is 1. The van der Waals surface area contributed by atoms with Crippen LogP contribution >= 0.6 is 0 Å². The number of amides is 1. The van der Waals surface area contributed by atoms with Crippen molar-refractivity contribution in [2.24, 2.45) is 0 Å². The molecule has 0 saturated carbocycles. The van der Waals surface area contributed by atoms with Gasteiger partial charge in [0.05, 0.1) is 30.5 Å². The molecule has 1 amide bonds. The van der Waals surface area contributed by atoms with Gasteiger partial charge in [-0.2, -0.15) is 13.2 Å². The van der Waals surface area contributed by atoms with Gasteiger partial charge in [-0.05, 0) is 43.4 Å². The molecule has 0 radical (unpaired) electrons. The first kappa shape index (κ1) is 26.5. The predicted octanol–water partition coefficient (Wildman–Crippen LogP) is 2.33. The molecular formula is C27H33F3N4O5. The Kier molecular flexibility index (Phi) is 7.30. The van der Waals surface area contributed by atoms with Crippen molar-refractivity contribution in [2.75, 3.05) is 39.4 Å². The van der Waals surface area contributed by atoms with Gasteiger partial charge in [-0.3, -0.25) is 19.4 Å². The maximum absolute atomic E-state index is 13.2. The minimum Gasteiger partial charge on any atom is -0.466 e. The van der Waals surface area contributed by atoms with Gasteiger partial charge in [0.2, 0.25) is 5.91 Å². The van der Waals surface area contributed by atoms with Crippen molar-refractivity contribution >= 4 is 5.91 Å². The molecule has 12 heteroatoms. The fourth-order valence-electron chi connectivity index (χ4n) is 6.36. The second-order valence-corrected chi connectivity index (χ2v) is 10.9. The lowest BCUT2D eigenvalue weighted by Gasteiger charge is -2.31. The van der Waals surface area contributed by atoms with Crippen LogP contribution in [0.4, 0.5) is 13.2 Å². The standard InChI is InChI=1S/C27H33F3N4O5/c28-27(29,30)18-11-20-13-32(6-7-34(20)25(36)12-18)16-24(35)31-21-14-33(19-4-8-37-9-5-19)15-23(21)39-22-2-1-17-3-10-38-26(17)22/h3,10-12,19,21-23H,1-2,4-9,13-16H2,(H,31,35)/t21?,22?,23-/m0/s1. The van der Waals surface area contributed by atoms with Crippen LogP contribution in [0.25, 0.3) is 0 Å². The van der Waals surface area contributed by atoms with Crippen LogP contribution in [-0.2, 0) is 40.0 Å². The lowest BCUT2D eigenvalue weighted by Crippen LogP contribution is -2.49. The monoisotopic (exact) mass is 550 g/mol. The SMILES string of the molecule is O=C(CN1CCn2c(cc(C(F)(F)F)cc2=O)C1)NC1CN(C2CCOCC2)C[C@@H]1OC1CCc2ccoc21. The molecule has 0 bridgehead atoms. The average molecular weight is 551 g/mol. The summed E-state index contributed by atoms with van der Waals surface area (Å²) < 4.78 is 58.8. The Labute approximate surface area is 223 Å². The van der Waals surface area contributed by atoms with E-state index in [1.807, 2.05) is 6.07 Å². The summed E-state index contributed by atoms with van der Waals surface area (Å²) in [5, 5.41) is 3.15. The number of ether oxygens (including phenoxy) is 2. The molecule has 2 saturated heterocycles. The Balaban J connectivity index is 1.12. The zero-order chi connectivity index (χ0) is 27.1. The normalized spacial score (nSPS) is 26.5. The fraction of sp³-hybridized carbons (Fsp3) is 0.630. The van der Waals surface area contributed by atoms with Gasteiger partial charge in [-0.25, -0.2) is 0 Å². The summed E-state index contributed by atoms with van der Waals surface area (Å²) in [6.45, 7) is 3.54. The van der Waals surface area contributed by atoms with Gasteiger partial charge in [0.25, 0.3) is 5.56 Å². The second kappa shape index (κ2) is 10.7. The molecular weight excluding hydrogens is 517 g/mol. The Bertz CT molecular complexity index is 1250. The van der Waals surface area contributed by atoms with E-state index in [1.54, 1.807) is 11.2 Å². The number of alkyl halides is 3. The predicted molar refractivity (Wildman–Crippen MR) is 133 cm³/mol. The summed E-state index contributed by atoms with van der Waals surface area (Å²) in [6.07, 6.45) is 0.344. The van der Waals surface area contributed by atoms with Crippen molar-refractivity contribution in [1.82, 2.24) is 19.7 Å². The molecule has 1 N–H and O–H groups in total. The molecule has 0 aromatic carbocycles. The molecule has 2 aromatic heterocycles. The Morgan fingerprint density at radius 3 is 2.74 bits per heavy atom. The number of hydrogen-bond donors (Lipinski definition) is 1. The summed E-state index contributed by atoms with van der Waals surface area (Å²) >= 11 is 0. The summed E-state index contributed by atoms with van der Waals surface area (Å²) in [7, 11) is 0. The van der Waals surface area contributed by atoms with E-state index in [9.17, 15) is 22.8 Å². The second-order valence-electron chi connectivity index (χ2n) is 10.9. The fourth-order valence-corrected chi connectivity index (χ4v) is 6.36. The zero-order valence-electron chi connectivity index (χ0n) is 21.6. The zero-order valence-corrected chi connectivity index (χ0v) is 21.6. The first-order chi connectivity index (χ1) is 18.7. The van der Waals surface area contributed by atoms with Gasteiger partial charge < -0.3 is 23.8 Å². The highest BCUT2D eigenvalue weighted by Gasteiger charge is 2.41. The molecule has 6 rings (SSSR count). The molecule has 2 fully saturated rings. The smallest absolute Gasteiger partial charge is 0.416 e. The Morgan fingerprint density at radius 2 is 1.95 bits per heavy atom. The van der Waals surface area contributed by atoms with E-state index < -0.39 is 17.3 Å². The highest BCUT2D eigenvalue weighted by molar-refractivity contribution is 5.78. The van der Waals surface area contributed by atoms with E-state index in [1.165, 1.54) is 4.57 Å². The first-order valence-corrected chi connectivity index (χ1v) is 13.6.